The molecule has 4 aromatic rings. The van der Waals surface area contributed by atoms with Crippen LogP contribution in [0.15, 0.2) is 67.3 Å². The summed E-state index contributed by atoms with van der Waals surface area (Å²) in [6.45, 7) is 4.79. The molecule has 35 heavy (non-hydrogen) atoms. The second-order valence-electron chi connectivity index (χ2n) is 8.45. The first-order valence-corrected chi connectivity index (χ1v) is 11.2. The van der Waals surface area contributed by atoms with E-state index in [0.717, 1.165) is 22.1 Å². The molecule has 0 saturated carbocycles. The van der Waals surface area contributed by atoms with E-state index in [-0.39, 0.29) is 31.2 Å². The zero-order valence-electron chi connectivity index (χ0n) is 20.0. The van der Waals surface area contributed by atoms with Crippen molar-refractivity contribution in [3.05, 3.63) is 102 Å². The molecule has 0 fully saturated rings. The Morgan fingerprint density at radius 3 is 2.51 bits per heavy atom. The molecular weight excluding hydrogens is 448 g/mol. The number of anilines is 2. The largest absolute Gasteiger partial charge is 0.422 e. The summed E-state index contributed by atoms with van der Waals surface area (Å²) in [6.07, 6.45) is 0. The van der Waals surface area contributed by atoms with Crippen molar-refractivity contribution in [2.45, 2.75) is 33.5 Å². The molecule has 2 heterocycles. The third kappa shape index (κ3) is 4.90. The lowest BCUT2D eigenvalue weighted by Crippen LogP contribution is -2.38. The summed E-state index contributed by atoms with van der Waals surface area (Å²) in [5.74, 6) is 0.0334. The van der Waals surface area contributed by atoms with Crippen LogP contribution in [0.1, 0.15) is 22.3 Å². The molecule has 0 atom stereocenters. The predicted molar refractivity (Wildman–Crippen MR) is 136 cm³/mol. The first-order valence-electron chi connectivity index (χ1n) is 11.2. The van der Waals surface area contributed by atoms with Gasteiger partial charge in [-0.15, -0.1) is 0 Å². The second-order valence-corrected chi connectivity index (χ2v) is 8.45. The van der Waals surface area contributed by atoms with Gasteiger partial charge in [0.25, 0.3) is 5.56 Å². The van der Waals surface area contributed by atoms with Crippen LogP contribution in [0.5, 0.6) is 0 Å². The summed E-state index contributed by atoms with van der Waals surface area (Å²) in [5.41, 5.74) is 8.86. The third-order valence-electron chi connectivity index (χ3n) is 6.14. The van der Waals surface area contributed by atoms with Gasteiger partial charge in [0.05, 0.1) is 13.2 Å². The fourth-order valence-corrected chi connectivity index (χ4v) is 4.17. The smallest absolute Gasteiger partial charge is 0.336 e. The summed E-state index contributed by atoms with van der Waals surface area (Å²) in [4.78, 5) is 42.1. The number of hydrogen-bond donors (Lipinski definition) is 2. The van der Waals surface area contributed by atoms with Crippen LogP contribution in [0.25, 0.3) is 11.0 Å². The Hall–Kier alpha value is -4.11. The van der Waals surface area contributed by atoms with Crippen LogP contribution < -0.4 is 27.5 Å². The monoisotopic (exact) mass is 476 g/mol. The Morgan fingerprint density at radius 2 is 1.80 bits per heavy atom. The van der Waals surface area contributed by atoms with Gasteiger partial charge in [-0.3, -0.25) is 14.3 Å². The van der Waals surface area contributed by atoms with Crippen molar-refractivity contribution < 1.29 is 9.15 Å². The Morgan fingerprint density at radius 1 is 1.06 bits per heavy atom. The molecule has 4 rings (SSSR count). The molecule has 0 aliphatic carbocycles. The zero-order valence-corrected chi connectivity index (χ0v) is 20.0. The lowest BCUT2D eigenvalue weighted by molar-refractivity contribution is 0.186. The van der Waals surface area contributed by atoms with Crippen molar-refractivity contribution in [2.75, 3.05) is 24.4 Å². The normalized spacial score (nSPS) is 11.2. The minimum Gasteiger partial charge on any atom is -0.422 e. The molecule has 0 aliphatic heterocycles. The molecule has 0 saturated heterocycles. The average Bonchev–Trinajstić information content (AvgIpc) is 2.82. The highest BCUT2D eigenvalue weighted by Gasteiger charge is 2.21. The minimum atomic E-state index is -0.607. The van der Waals surface area contributed by atoms with Crippen molar-refractivity contribution in [3.8, 4) is 0 Å². The molecule has 9 heteroatoms. The van der Waals surface area contributed by atoms with E-state index in [1.165, 1.54) is 17.7 Å². The van der Waals surface area contributed by atoms with Crippen molar-refractivity contribution in [3.63, 3.8) is 0 Å². The van der Waals surface area contributed by atoms with Crippen LogP contribution in [-0.2, 0) is 24.4 Å². The summed E-state index contributed by atoms with van der Waals surface area (Å²) in [6, 6.07) is 14.9. The fourth-order valence-electron chi connectivity index (χ4n) is 4.17. The van der Waals surface area contributed by atoms with Crippen molar-refractivity contribution in [1.82, 2.24) is 9.55 Å². The Labute approximate surface area is 201 Å². The number of nitrogens with one attached hydrogen (secondary N) is 1. The van der Waals surface area contributed by atoms with Crippen molar-refractivity contribution in [1.29, 1.82) is 0 Å². The van der Waals surface area contributed by atoms with E-state index in [2.05, 4.69) is 4.98 Å². The lowest BCUT2D eigenvalue weighted by Gasteiger charge is -2.27. The number of fused-ring (bicyclic) bond motifs is 1. The Bertz CT molecular complexity index is 1540. The number of methoxy groups -OCH3 is 1. The first-order chi connectivity index (χ1) is 16.8. The number of aromatic nitrogens is 2. The third-order valence-corrected chi connectivity index (χ3v) is 6.14. The topological polar surface area (TPSA) is 124 Å². The van der Waals surface area contributed by atoms with E-state index >= 15 is 0 Å². The quantitative estimate of drug-likeness (QED) is 0.375. The van der Waals surface area contributed by atoms with Crippen LogP contribution in [0, 0.1) is 13.8 Å². The number of nitrogens with zero attached hydrogens (tertiary/aromatic N) is 2. The number of ether oxygens (including phenoxy) is 1. The van der Waals surface area contributed by atoms with Crippen LogP contribution in [0.3, 0.4) is 0 Å². The number of benzene rings is 2. The van der Waals surface area contributed by atoms with Gasteiger partial charge in [-0.25, -0.2) is 9.59 Å². The van der Waals surface area contributed by atoms with E-state index in [1.54, 1.807) is 4.90 Å². The highest BCUT2D eigenvalue weighted by molar-refractivity contribution is 5.84. The molecule has 0 amide bonds. The van der Waals surface area contributed by atoms with Gasteiger partial charge in [0.1, 0.15) is 17.1 Å². The zero-order chi connectivity index (χ0) is 25.1. The number of nitrogen functional groups attached to an aromatic ring is 1. The van der Waals surface area contributed by atoms with Gasteiger partial charge >= 0.3 is 11.3 Å². The van der Waals surface area contributed by atoms with Crippen molar-refractivity contribution in [2.24, 2.45) is 0 Å². The maximum Gasteiger partial charge on any atom is 0.336 e. The van der Waals surface area contributed by atoms with Gasteiger partial charge < -0.3 is 19.8 Å². The highest BCUT2D eigenvalue weighted by Crippen LogP contribution is 2.27. The van der Waals surface area contributed by atoms with Crippen LogP contribution >= 0.6 is 0 Å². The fraction of sp³-hybridized carbons (Fsp3) is 0.269. The molecule has 3 N–H and O–H groups in total. The SMILES string of the molecule is COCCn1c(N)c(N(Cc2ccccc2)Cc2cc(=O)oc3c(C)c(C)ccc23)c(=O)[nH]c1=O. The first kappa shape index (κ1) is 24.0. The summed E-state index contributed by atoms with van der Waals surface area (Å²) < 4.78 is 11.9. The molecule has 2 aromatic carbocycles. The maximum atomic E-state index is 13.0. The van der Waals surface area contributed by atoms with E-state index in [0.29, 0.717) is 17.7 Å². The number of aryl methyl sites for hydroxylation is 2. The van der Waals surface area contributed by atoms with E-state index in [1.807, 2.05) is 56.3 Å². The molecular formula is C26H28N4O5. The molecule has 0 aliphatic rings. The summed E-state index contributed by atoms with van der Waals surface area (Å²) in [7, 11) is 1.52. The van der Waals surface area contributed by atoms with E-state index in [9.17, 15) is 14.4 Å². The molecule has 2 aromatic heterocycles. The number of nitrogens with two attached hydrogens (primary N) is 1. The summed E-state index contributed by atoms with van der Waals surface area (Å²) in [5, 5.41) is 0.772. The van der Waals surface area contributed by atoms with E-state index in [4.69, 9.17) is 14.9 Å². The van der Waals surface area contributed by atoms with E-state index < -0.39 is 16.9 Å². The van der Waals surface area contributed by atoms with Crippen LogP contribution in [-0.4, -0.2) is 23.3 Å². The number of aromatic amines is 1. The summed E-state index contributed by atoms with van der Waals surface area (Å²) >= 11 is 0. The van der Waals surface area contributed by atoms with Gasteiger partial charge in [-0.05, 0) is 36.1 Å². The Balaban J connectivity index is 1.89. The van der Waals surface area contributed by atoms with Gasteiger partial charge in [-0.1, -0.05) is 42.5 Å². The molecule has 0 spiro atoms. The molecule has 182 valence electrons. The predicted octanol–water partition coefficient (Wildman–Crippen LogP) is 2.70. The number of hydrogen-bond acceptors (Lipinski definition) is 7. The van der Waals surface area contributed by atoms with Crippen LogP contribution in [0.4, 0.5) is 11.5 Å². The molecule has 0 bridgehead atoms. The Kier molecular flexibility index (Phi) is 6.88. The second kappa shape index (κ2) is 10.0. The highest BCUT2D eigenvalue weighted by atomic mass is 16.5. The number of H-pyrrole nitrogens is 1. The minimum absolute atomic E-state index is 0.0334. The lowest BCUT2D eigenvalue weighted by atomic mass is 10.0. The maximum absolute atomic E-state index is 13.0. The van der Waals surface area contributed by atoms with Gasteiger partial charge in [0, 0.05) is 31.7 Å². The molecule has 0 unspecified atom stereocenters. The molecule has 0 radical (unpaired) electrons. The van der Waals surface area contributed by atoms with Gasteiger partial charge in [0.15, 0.2) is 0 Å². The van der Waals surface area contributed by atoms with Crippen LogP contribution in [0.2, 0.25) is 0 Å². The molecule has 9 nitrogen and oxygen atoms in total. The van der Waals surface area contributed by atoms with Gasteiger partial charge in [-0.2, -0.15) is 0 Å². The van der Waals surface area contributed by atoms with Gasteiger partial charge in [0.2, 0.25) is 0 Å². The average molecular weight is 477 g/mol. The standard InChI is InChI=1S/C26H28N4O5/c1-16-9-10-20-19(13-21(31)35-23(20)17(16)2)15-29(14-18-7-5-4-6-8-18)22-24(27)30(11-12-34-3)26(33)28-25(22)32/h4-10,13H,11-12,14-15,27H2,1-3H3,(H,28,32,33). The number of rotatable bonds is 8. The van der Waals surface area contributed by atoms with Crippen molar-refractivity contribution >= 4 is 22.5 Å².